The Morgan fingerprint density at radius 1 is 1.23 bits per heavy atom. The molecule has 7 nitrogen and oxygen atoms in total. The fourth-order valence-electron chi connectivity index (χ4n) is 3.26. The summed E-state index contributed by atoms with van der Waals surface area (Å²) in [6.07, 6.45) is 1.60. The van der Waals surface area contributed by atoms with Gasteiger partial charge in [-0.05, 0) is 44.6 Å². The summed E-state index contributed by atoms with van der Waals surface area (Å²) in [5.74, 6) is -0.708. The molecule has 2 heterocycles. The zero-order valence-corrected chi connectivity index (χ0v) is 16.2. The van der Waals surface area contributed by atoms with E-state index < -0.39 is 18.0 Å². The lowest BCUT2D eigenvalue weighted by Crippen LogP contribution is -2.44. The fraction of sp³-hybridized carbons (Fsp3) is 0.632. The maximum atomic E-state index is 12.5. The van der Waals surface area contributed by atoms with Crippen LogP contribution in [0.4, 0.5) is 0 Å². The zero-order valence-electron chi connectivity index (χ0n) is 16.2. The number of carbonyl (C=O) groups excluding carboxylic acids is 3. The smallest absolute Gasteiger partial charge is 0.355 e. The normalized spacial score (nSPS) is 16.3. The van der Waals surface area contributed by atoms with E-state index in [1.54, 1.807) is 18.7 Å². The Labute approximate surface area is 154 Å². The standard InChI is InChI=1S/C19H28N2O5/c1-6-14-15(18(23)25-5)12(3)16(20-14)19(24)26-13(4)17(22)21-9-7-11(2)8-10-21/h11,13,20H,6-10H2,1-5H3. The van der Waals surface area contributed by atoms with Crippen LogP contribution in [0.5, 0.6) is 0 Å². The van der Waals surface area contributed by atoms with Gasteiger partial charge in [0.2, 0.25) is 0 Å². The SMILES string of the molecule is CCc1[nH]c(C(=O)OC(C)C(=O)N2CCC(C)CC2)c(C)c1C(=O)OC. The van der Waals surface area contributed by atoms with Crippen LogP contribution in [0.25, 0.3) is 0 Å². The number of aryl methyl sites for hydroxylation is 1. The van der Waals surface area contributed by atoms with E-state index in [9.17, 15) is 14.4 Å². The first-order valence-corrected chi connectivity index (χ1v) is 9.09. The summed E-state index contributed by atoms with van der Waals surface area (Å²) < 4.78 is 10.2. The molecule has 0 saturated carbocycles. The number of amides is 1. The van der Waals surface area contributed by atoms with Gasteiger partial charge in [-0.15, -0.1) is 0 Å². The molecule has 144 valence electrons. The molecule has 0 bridgehead atoms. The minimum Gasteiger partial charge on any atom is -0.465 e. The minimum atomic E-state index is -0.870. The fourth-order valence-corrected chi connectivity index (χ4v) is 3.26. The largest absolute Gasteiger partial charge is 0.465 e. The third-order valence-corrected chi connectivity index (χ3v) is 5.00. The van der Waals surface area contributed by atoms with E-state index in [0.29, 0.717) is 42.2 Å². The number of carbonyl (C=O) groups is 3. The highest BCUT2D eigenvalue weighted by molar-refractivity contribution is 5.99. The van der Waals surface area contributed by atoms with Gasteiger partial charge in [-0.3, -0.25) is 4.79 Å². The molecule has 1 fully saturated rings. The number of methoxy groups -OCH3 is 1. The number of aromatic amines is 1. The van der Waals surface area contributed by atoms with E-state index >= 15 is 0 Å². The third kappa shape index (κ3) is 4.08. The number of hydrogen-bond acceptors (Lipinski definition) is 5. The lowest BCUT2D eigenvalue weighted by atomic mass is 9.99. The second-order valence-corrected chi connectivity index (χ2v) is 6.88. The lowest BCUT2D eigenvalue weighted by molar-refractivity contribution is -0.141. The number of likely N-dealkylation sites (tertiary alicyclic amines) is 1. The summed E-state index contributed by atoms with van der Waals surface area (Å²) in [6, 6.07) is 0. The Morgan fingerprint density at radius 3 is 2.38 bits per heavy atom. The molecule has 0 radical (unpaired) electrons. The highest BCUT2D eigenvalue weighted by Crippen LogP contribution is 2.22. The first kappa shape index (κ1) is 20.0. The molecule has 2 rings (SSSR count). The highest BCUT2D eigenvalue weighted by atomic mass is 16.5. The molecule has 1 N–H and O–H groups in total. The molecule has 1 saturated heterocycles. The van der Waals surface area contributed by atoms with Crippen molar-refractivity contribution in [3.8, 4) is 0 Å². The lowest BCUT2D eigenvalue weighted by Gasteiger charge is -2.31. The third-order valence-electron chi connectivity index (χ3n) is 5.00. The minimum absolute atomic E-state index is 0.182. The first-order valence-electron chi connectivity index (χ1n) is 9.09. The van der Waals surface area contributed by atoms with E-state index in [1.807, 2.05) is 6.92 Å². The predicted octanol–water partition coefficient (Wildman–Crippen LogP) is 2.48. The number of aromatic nitrogens is 1. The number of piperidine rings is 1. The van der Waals surface area contributed by atoms with Crippen molar-refractivity contribution in [2.24, 2.45) is 5.92 Å². The Bertz CT molecular complexity index is 686. The predicted molar refractivity (Wildman–Crippen MR) is 96.1 cm³/mol. The Balaban J connectivity index is 2.10. The monoisotopic (exact) mass is 364 g/mol. The molecule has 1 amide bonds. The van der Waals surface area contributed by atoms with Crippen molar-refractivity contribution in [3.63, 3.8) is 0 Å². The van der Waals surface area contributed by atoms with E-state index in [0.717, 1.165) is 12.8 Å². The maximum Gasteiger partial charge on any atom is 0.355 e. The van der Waals surface area contributed by atoms with Crippen LogP contribution >= 0.6 is 0 Å². The van der Waals surface area contributed by atoms with Crippen molar-refractivity contribution in [1.29, 1.82) is 0 Å². The number of esters is 2. The zero-order chi connectivity index (χ0) is 19.4. The molecule has 0 aliphatic carbocycles. The van der Waals surface area contributed by atoms with Gasteiger partial charge in [0, 0.05) is 18.8 Å². The molecule has 7 heteroatoms. The molecule has 1 unspecified atom stereocenters. The number of hydrogen-bond donors (Lipinski definition) is 1. The van der Waals surface area contributed by atoms with Crippen LogP contribution in [-0.4, -0.2) is 54.0 Å². The number of H-pyrrole nitrogens is 1. The van der Waals surface area contributed by atoms with Gasteiger partial charge >= 0.3 is 11.9 Å². The van der Waals surface area contributed by atoms with Gasteiger partial charge in [0.25, 0.3) is 5.91 Å². The molecule has 1 aliphatic heterocycles. The van der Waals surface area contributed by atoms with E-state index in [4.69, 9.17) is 9.47 Å². The van der Waals surface area contributed by atoms with Gasteiger partial charge in [-0.1, -0.05) is 13.8 Å². The van der Waals surface area contributed by atoms with Crippen molar-refractivity contribution in [2.75, 3.05) is 20.2 Å². The number of nitrogens with zero attached hydrogens (tertiary/aromatic N) is 1. The molecular formula is C19H28N2O5. The molecular weight excluding hydrogens is 336 g/mol. The van der Waals surface area contributed by atoms with Crippen LogP contribution in [0.3, 0.4) is 0 Å². The summed E-state index contributed by atoms with van der Waals surface area (Å²) >= 11 is 0. The van der Waals surface area contributed by atoms with E-state index in [2.05, 4.69) is 11.9 Å². The van der Waals surface area contributed by atoms with E-state index in [-0.39, 0.29) is 11.6 Å². The Kier molecular flexibility index (Phi) is 6.45. The number of nitrogens with one attached hydrogen (secondary N) is 1. The number of rotatable bonds is 5. The molecule has 1 aromatic rings. The first-order chi connectivity index (χ1) is 12.3. The molecule has 1 aromatic heterocycles. The van der Waals surface area contributed by atoms with Gasteiger partial charge in [0.1, 0.15) is 5.69 Å². The molecule has 0 aromatic carbocycles. The van der Waals surface area contributed by atoms with Gasteiger partial charge < -0.3 is 19.4 Å². The molecule has 1 atom stereocenters. The summed E-state index contributed by atoms with van der Waals surface area (Å²) in [5, 5.41) is 0. The van der Waals surface area contributed by atoms with E-state index in [1.165, 1.54) is 7.11 Å². The van der Waals surface area contributed by atoms with Crippen LogP contribution in [-0.2, 0) is 20.7 Å². The summed E-state index contributed by atoms with van der Waals surface area (Å²) in [7, 11) is 1.30. The number of ether oxygens (including phenoxy) is 2. The topological polar surface area (TPSA) is 88.7 Å². The van der Waals surface area contributed by atoms with Crippen LogP contribution in [0, 0.1) is 12.8 Å². The van der Waals surface area contributed by atoms with Crippen molar-refractivity contribution in [2.45, 2.75) is 53.1 Å². The summed E-state index contributed by atoms with van der Waals surface area (Å²) in [4.78, 5) is 41.7. The highest BCUT2D eigenvalue weighted by Gasteiger charge is 2.29. The van der Waals surface area contributed by atoms with Crippen LogP contribution < -0.4 is 0 Å². The summed E-state index contributed by atoms with van der Waals surface area (Å²) in [6.45, 7) is 8.67. The maximum absolute atomic E-state index is 12.5. The van der Waals surface area contributed by atoms with Gasteiger partial charge in [-0.2, -0.15) is 0 Å². The van der Waals surface area contributed by atoms with Crippen molar-refractivity contribution >= 4 is 17.8 Å². The second kappa shape index (κ2) is 8.38. The van der Waals surface area contributed by atoms with Crippen LogP contribution in [0.15, 0.2) is 0 Å². The average Bonchev–Trinajstić information content (AvgIpc) is 2.97. The molecule has 26 heavy (non-hydrogen) atoms. The molecule has 1 aliphatic rings. The van der Waals surface area contributed by atoms with Crippen molar-refractivity contribution in [1.82, 2.24) is 9.88 Å². The van der Waals surface area contributed by atoms with Crippen LogP contribution in [0.1, 0.15) is 65.7 Å². The van der Waals surface area contributed by atoms with Crippen LogP contribution in [0.2, 0.25) is 0 Å². The Hall–Kier alpha value is -2.31. The average molecular weight is 364 g/mol. The quantitative estimate of drug-likeness (QED) is 0.811. The van der Waals surface area contributed by atoms with Gasteiger partial charge in [0.15, 0.2) is 6.10 Å². The van der Waals surface area contributed by atoms with Crippen molar-refractivity contribution < 1.29 is 23.9 Å². The van der Waals surface area contributed by atoms with Crippen molar-refractivity contribution in [3.05, 3.63) is 22.5 Å². The summed E-state index contributed by atoms with van der Waals surface area (Å²) in [5.41, 5.74) is 1.63. The molecule has 0 spiro atoms. The Morgan fingerprint density at radius 2 is 1.85 bits per heavy atom. The second-order valence-electron chi connectivity index (χ2n) is 6.88. The van der Waals surface area contributed by atoms with Gasteiger partial charge in [-0.25, -0.2) is 9.59 Å². The van der Waals surface area contributed by atoms with Gasteiger partial charge in [0.05, 0.1) is 12.7 Å².